The highest BCUT2D eigenvalue weighted by molar-refractivity contribution is 6.86. The lowest BCUT2D eigenvalue weighted by molar-refractivity contribution is -0.132. The first kappa shape index (κ1) is 14.4. The maximum Gasteiger partial charge on any atom is 0.327 e. The normalized spacial score (nSPS) is 12.9. The van der Waals surface area contributed by atoms with Crippen LogP contribution in [0.5, 0.6) is 0 Å². The van der Waals surface area contributed by atoms with Crippen molar-refractivity contribution in [2.24, 2.45) is 0 Å². The third-order valence-corrected chi connectivity index (χ3v) is 4.48. The Labute approximate surface area is 94.4 Å². The van der Waals surface area contributed by atoms with Gasteiger partial charge in [-0.2, -0.15) is 0 Å². The summed E-state index contributed by atoms with van der Waals surface area (Å²) >= 11 is 0. The lowest BCUT2D eigenvalue weighted by Gasteiger charge is -2.16. The average Bonchev–Trinajstić information content (AvgIpc) is 2.08. The van der Waals surface area contributed by atoms with Gasteiger partial charge in [0.15, 0.2) is 0 Å². The largest absolute Gasteiger partial charge is 0.478 e. The van der Waals surface area contributed by atoms with E-state index in [1.165, 1.54) is 19.3 Å². The van der Waals surface area contributed by atoms with Gasteiger partial charge in [0.1, 0.15) is 0 Å². The van der Waals surface area contributed by atoms with Gasteiger partial charge in [-0.3, -0.25) is 0 Å². The summed E-state index contributed by atoms with van der Waals surface area (Å²) in [6, 6.07) is 0. The molecule has 0 rings (SSSR count). The number of carboxylic acids is 1. The molecule has 3 heteroatoms. The fourth-order valence-corrected chi connectivity index (χ4v) is 2.93. The smallest absolute Gasteiger partial charge is 0.327 e. The van der Waals surface area contributed by atoms with Gasteiger partial charge in [0.05, 0.1) is 8.07 Å². The number of allylic oxidation sites excluding steroid dienone is 1. The second-order valence-corrected chi connectivity index (χ2v) is 10.1. The number of unbranched alkanes of at least 4 members (excludes halogenated alkanes) is 4. The maximum absolute atomic E-state index is 11.0. The third-order valence-electron chi connectivity index (χ3n) is 2.44. The van der Waals surface area contributed by atoms with Crippen LogP contribution in [0.25, 0.3) is 0 Å². The number of hydrogen-bond acceptors (Lipinski definition) is 1. The first-order valence-corrected chi connectivity index (χ1v) is 9.33. The van der Waals surface area contributed by atoms with Crippen molar-refractivity contribution in [3.63, 3.8) is 0 Å². The molecule has 0 aliphatic heterocycles. The molecular weight excluding hydrogens is 204 g/mol. The van der Waals surface area contributed by atoms with Crippen LogP contribution in [0.4, 0.5) is 0 Å². The van der Waals surface area contributed by atoms with Crippen LogP contribution in [0.2, 0.25) is 19.6 Å². The zero-order valence-electron chi connectivity index (χ0n) is 10.5. The summed E-state index contributed by atoms with van der Waals surface area (Å²) in [5.41, 5.74) is 0. The van der Waals surface area contributed by atoms with Crippen LogP contribution >= 0.6 is 0 Å². The van der Waals surface area contributed by atoms with E-state index in [-0.39, 0.29) is 0 Å². The van der Waals surface area contributed by atoms with Crippen LogP contribution < -0.4 is 0 Å². The quantitative estimate of drug-likeness (QED) is 0.408. The summed E-state index contributed by atoms with van der Waals surface area (Å²) in [6.45, 7) is 8.43. The summed E-state index contributed by atoms with van der Waals surface area (Å²) in [5.74, 6) is -0.718. The number of hydrogen-bond donors (Lipinski definition) is 1. The van der Waals surface area contributed by atoms with Gasteiger partial charge in [-0.25, -0.2) is 4.79 Å². The highest BCUT2D eigenvalue weighted by Crippen LogP contribution is 2.16. The number of rotatable bonds is 7. The molecule has 0 aliphatic carbocycles. The summed E-state index contributed by atoms with van der Waals surface area (Å²) < 4.78 is 0. The molecule has 2 nitrogen and oxygen atoms in total. The molecule has 0 radical (unpaired) electrons. The number of carbonyl (C=O) groups is 1. The third kappa shape index (κ3) is 6.50. The van der Waals surface area contributed by atoms with E-state index in [2.05, 4.69) is 26.6 Å². The predicted octanol–water partition coefficient (Wildman–Crippen LogP) is 3.85. The van der Waals surface area contributed by atoms with Gasteiger partial charge in [-0.1, -0.05) is 51.9 Å². The molecule has 0 aromatic carbocycles. The molecule has 0 spiro atoms. The van der Waals surface area contributed by atoms with E-state index in [4.69, 9.17) is 5.11 Å². The predicted molar refractivity (Wildman–Crippen MR) is 67.8 cm³/mol. The van der Waals surface area contributed by atoms with E-state index in [0.29, 0.717) is 5.20 Å². The molecular formula is C12H24O2Si. The Balaban J connectivity index is 4.15. The zero-order valence-corrected chi connectivity index (χ0v) is 11.5. The Bertz CT molecular complexity index is 226. The molecule has 15 heavy (non-hydrogen) atoms. The van der Waals surface area contributed by atoms with Gasteiger partial charge in [-0.05, 0) is 12.8 Å². The first-order valence-electron chi connectivity index (χ1n) is 5.83. The van der Waals surface area contributed by atoms with Gasteiger partial charge in [0.2, 0.25) is 0 Å². The van der Waals surface area contributed by atoms with Gasteiger partial charge in [0, 0.05) is 5.20 Å². The molecule has 0 unspecified atom stereocenters. The molecule has 0 heterocycles. The molecule has 0 fully saturated rings. The fourth-order valence-electron chi connectivity index (χ4n) is 1.53. The van der Waals surface area contributed by atoms with E-state index in [1.54, 1.807) is 0 Å². The minimum absolute atomic E-state index is 0.680. The summed E-state index contributed by atoms with van der Waals surface area (Å²) in [4.78, 5) is 11.0. The summed E-state index contributed by atoms with van der Waals surface area (Å²) in [6.07, 6.45) is 7.68. The van der Waals surface area contributed by atoms with Crippen LogP contribution in [-0.4, -0.2) is 19.1 Å². The van der Waals surface area contributed by atoms with E-state index in [9.17, 15) is 4.79 Å². The Morgan fingerprint density at radius 2 is 1.80 bits per heavy atom. The van der Waals surface area contributed by atoms with Crippen molar-refractivity contribution in [3.8, 4) is 0 Å². The zero-order chi connectivity index (χ0) is 11.9. The van der Waals surface area contributed by atoms with Crippen LogP contribution in [0.1, 0.15) is 39.0 Å². The molecule has 0 amide bonds. The van der Waals surface area contributed by atoms with Crippen molar-refractivity contribution in [2.45, 2.75) is 58.7 Å². The van der Waals surface area contributed by atoms with Crippen molar-refractivity contribution in [3.05, 3.63) is 11.3 Å². The van der Waals surface area contributed by atoms with Gasteiger partial charge >= 0.3 is 5.97 Å². The van der Waals surface area contributed by atoms with E-state index in [1.807, 2.05) is 6.08 Å². The second-order valence-electron chi connectivity index (χ2n) is 5.02. The van der Waals surface area contributed by atoms with Crippen LogP contribution in [-0.2, 0) is 4.79 Å². The Morgan fingerprint density at radius 3 is 2.20 bits per heavy atom. The van der Waals surface area contributed by atoms with Gasteiger partial charge < -0.3 is 5.11 Å². The van der Waals surface area contributed by atoms with Crippen molar-refractivity contribution >= 4 is 14.0 Å². The van der Waals surface area contributed by atoms with Crippen molar-refractivity contribution < 1.29 is 9.90 Å². The van der Waals surface area contributed by atoms with Crippen molar-refractivity contribution in [2.75, 3.05) is 0 Å². The number of carboxylic acid groups (broad SMARTS) is 1. The molecule has 0 atom stereocenters. The van der Waals surface area contributed by atoms with Gasteiger partial charge in [-0.15, -0.1) is 0 Å². The molecule has 1 N–H and O–H groups in total. The van der Waals surface area contributed by atoms with Crippen molar-refractivity contribution in [1.82, 2.24) is 0 Å². The monoisotopic (exact) mass is 228 g/mol. The molecule has 0 saturated carbocycles. The highest BCUT2D eigenvalue weighted by atomic mass is 28.3. The average molecular weight is 228 g/mol. The SMILES string of the molecule is CCCCCC/C=C(/C(=O)O)[Si](C)(C)C. The Kier molecular flexibility index (Phi) is 6.57. The summed E-state index contributed by atoms with van der Waals surface area (Å²) in [7, 11) is -1.66. The molecule has 0 bridgehead atoms. The minimum atomic E-state index is -1.66. The fraction of sp³-hybridized carbons (Fsp3) is 0.750. The minimum Gasteiger partial charge on any atom is -0.478 e. The van der Waals surface area contributed by atoms with E-state index in [0.717, 1.165) is 12.8 Å². The van der Waals surface area contributed by atoms with Crippen LogP contribution in [0, 0.1) is 0 Å². The molecule has 0 aromatic heterocycles. The van der Waals surface area contributed by atoms with E-state index < -0.39 is 14.0 Å². The van der Waals surface area contributed by atoms with Crippen LogP contribution in [0.3, 0.4) is 0 Å². The summed E-state index contributed by atoms with van der Waals surface area (Å²) in [5, 5.41) is 9.76. The van der Waals surface area contributed by atoms with Crippen LogP contribution in [0.15, 0.2) is 11.3 Å². The van der Waals surface area contributed by atoms with Gasteiger partial charge in [0.25, 0.3) is 0 Å². The molecule has 0 saturated heterocycles. The molecule has 0 aliphatic rings. The topological polar surface area (TPSA) is 37.3 Å². The van der Waals surface area contributed by atoms with Crippen molar-refractivity contribution in [1.29, 1.82) is 0 Å². The highest BCUT2D eigenvalue weighted by Gasteiger charge is 2.24. The lowest BCUT2D eigenvalue weighted by Crippen LogP contribution is -2.29. The maximum atomic E-state index is 11.0. The molecule has 88 valence electrons. The lowest BCUT2D eigenvalue weighted by atomic mass is 10.1. The van der Waals surface area contributed by atoms with E-state index >= 15 is 0 Å². The number of aliphatic carboxylic acids is 1. The molecule has 0 aromatic rings. The second kappa shape index (κ2) is 6.83. The standard InChI is InChI=1S/C12H24O2Si/c1-5-6-7-8-9-10-11(12(13)14)15(2,3)4/h10H,5-9H2,1-4H3,(H,13,14)/b11-10-. The Morgan fingerprint density at radius 1 is 1.20 bits per heavy atom. The first-order chi connectivity index (χ1) is 6.89. The Hall–Kier alpha value is -0.573.